The van der Waals surface area contributed by atoms with Crippen LogP contribution in [-0.2, 0) is 6.42 Å². The lowest BCUT2D eigenvalue weighted by atomic mass is 9.74. The first kappa shape index (κ1) is 12.4. The molecule has 19 heavy (non-hydrogen) atoms. The summed E-state index contributed by atoms with van der Waals surface area (Å²) >= 11 is 0. The van der Waals surface area contributed by atoms with E-state index >= 15 is 0 Å². The maximum absolute atomic E-state index is 4.55. The smallest absolute Gasteiger partial charge is 0.153 e. The Morgan fingerprint density at radius 2 is 2.21 bits per heavy atom. The number of hydrogen-bond acceptors (Lipinski definition) is 3. The summed E-state index contributed by atoms with van der Waals surface area (Å²) in [6.45, 7) is 4.63. The molecule has 0 amide bonds. The molecule has 1 aliphatic rings. The molecule has 0 aliphatic heterocycles. The van der Waals surface area contributed by atoms with E-state index in [1.807, 2.05) is 42.3 Å². The van der Waals surface area contributed by atoms with Crippen molar-refractivity contribution >= 4 is 0 Å². The minimum atomic E-state index is 0.285. The van der Waals surface area contributed by atoms with Gasteiger partial charge in [-0.1, -0.05) is 19.9 Å². The highest BCUT2D eigenvalue weighted by Crippen LogP contribution is 2.40. The molecule has 100 valence electrons. The molecule has 1 N–H and O–H groups in total. The molecule has 0 spiro atoms. The van der Waals surface area contributed by atoms with Crippen molar-refractivity contribution in [3.8, 4) is 5.82 Å². The maximum atomic E-state index is 4.55. The van der Waals surface area contributed by atoms with Crippen LogP contribution in [0.15, 0.2) is 30.6 Å². The van der Waals surface area contributed by atoms with Gasteiger partial charge in [-0.3, -0.25) is 0 Å². The predicted octanol–water partition coefficient (Wildman–Crippen LogP) is 2.50. The van der Waals surface area contributed by atoms with Crippen LogP contribution in [0.4, 0.5) is 0 Å². The fourth-order valence-corrected chi connectivity index (χ4v) is 2.98. The van der Waals surface area contributed by atoms with Gasteiger partial charge in [-0.15, -0.1) is 0 Å². The summed E-state index contributed by atoms with van der Waals surface area (Å²) in [6, 6.07) is 6.32. The zero-order valence-corrected chi connectivity index (χ0v) is 11.7. The van der Waals surface area contributed by atoms with Crippen molar-refractivity contribution in [2.75, 3.05) is 7.05 Å². The van der Waals surface area contributed by atoms with E-state index in [-0.39, 0.29) is 5.41 Å². The topological polar surface area (TPSA) is 42.7 Å². The van der Waals surface area contributed by atoms with Crippen molar-refractivity contribution < 1.29 is 0 Å². The Labute approximate surface area is 113 Å². The van der Waals surface area contributed by atoms with Crippen LogP contribution in [0.1, 0.15) is 37.6 Å². The van der Waals surface area contributed by atoms with Crippen molar-refractivity contribution in [3.63, 3.8) is 0 Å². The number of aromatic nitrogens is 3. The summed E-state index contributed by atoms with van der Waals surface area (Å²) in [5.74, 6) is 0.899. The number of rotatable bonds is 2. The highest BCUT2D eigenvalue weighted by Gasteiger charge is 2.34. The van der Waals surface area contributed by atoms with E-state index in [4.69, 9.17) is 0 Å². The van der Waals surface area contributed by atoms with Crippen molar-refractivity contribution in [1.29, 1.82) is 0 Å². The standard InChI is InChI=1S/C15H20N4/c1-15(2)8-12(16-3)11-10-18-19(13(11)9-15)14-6-4-5-7-17-14/h4-7,10,12,16H,8-9H2,1-3H3. The minimum Gasteiger partial charge on any atom is -0.313 e. The van der Waals surface area contributed by atoms with E-state index in [2.05, 4.69) is 29.2 Å². The molecule has 3 rings (SSSR count). The van der Waals surface area contributed by atoms with E-state index in [0.717, 1.165) is 18.7 Å². The summed E-state index contributed by atoms with van der Waals surface area (Å²) in [5, 5.41) is 7.95. The molecule has 2 aromatic rings. The Morgan fingerprint density at radius 3 is 2.89 bits per heavy atom. The van der Waals surface area contributed by atoms with E-state index < -0.39 is 0 Å². The second-order valence-electron chi connectivity index (χ2n) is 6.03. The summed E-state index contributed by atoms with van der Waals surface area (Å²) in [5.41, 5.74) is 2.88. The summed E-state index contributed by atoms with van der Waals surface area (Å²) in [6.07, 6.45) is 5.98. The molecule has 0 aromatic carbocycles. The van der Waals surface area contributed by atoms with Crippen LogP contribution < -0.4 is 5.32 Å². The molecule has 1 unspecified atom stereocenters. The molecule has 0 radical (unpaired) electrons. The maximum Gasteiger partial charge on any atom is 0.153 e. The van der Waals surface area contributed by atoms with Crippen LogP contribution in [0.25, 0.3) is 5.82 Å². The van der Waals surface area contributed by atoms with Gasteiger partial charge in [-0.25, -0.2) is 9.67 Å². The fourth-order valence-electron chi connectivity index (χ4n) is 2.98. The van der Waals surface area contributed by atoms with Crippen LogP contribution >= 0.6 is 0 Å². The Bertz CT molecular complexity index is 571. The molecule has 4 nitrogen and oxygen atoms in total. The Hall–Kier alpha value is -1.68. The van der Waals surface area contributed by atoms with Crippen LogP contribution in [0.2, 0.25) is 0 Å². The van der Waals surface area contributed by atoms with Gasteiger partial charge in [-0.05, 0) is 37.4 Å². The summed E-state index contributed by atoms with van der Waals surface area (Å²) in [7, 11) is 2.02. The average Bonchev–Trinajstić information content (AvgIpc) is 2.81. The second-order valence-corrected chi connectivity index (χ2v) is 6.03. The van der Waals surface area contributed by atoms with Gasteiger partial charge in [0.2, 0.25) is 0 Å². The van der Waals surface area contributed by atoms with Gasteiger partial charge >= 0.3 is 0 Å². The highest BCUT2D eigenvalue weighted by molar-refractivity contribution is 5.33. The van der Waals surface area contributed by atoms with Crippen molar-refractivity contribution in [3.05, 3.63) is 41.9 Å². The van der Waals surface area contributed by atoms with Crippen molar-refractivity contribution in [2.24, 2.45) is 5.41 Å². The quantitative estimate of drug-likeness (QED) is 0.897. The van der Waals surface area contributed by atoms with E-state index in [1.54, 1.807) is 0 Å². The van der Waals surface area contributed by atoms with Gasteiger partial charge in [0, 0.05) is 17.8 Å². The molecule has 2 heterocycles. The van der Waals surface area contributed by atoms with Crippen LogP contribution in [0, 0.1) is 5.41 Å². The van der Waals surface area contributed by atoms with E-state index in [9.17, 15) is 0 Å². The van der Waals surface area contributed by atoms with Crippen molar-refractivity contribution in [2.45, 2.75) is 32.7 Å². The number of fused-ring (bicyclic) bond motifs is 1. The number of hydrogen-bond donors (Lipinski definition) is 1. The molecule has 0 fully saturated rings. The third kappa shape index (κ3) is 2.16. The number of nitrogens with zero attached hydrogens (tertiary/aromatic N) is 3. The lowest BCUT2D eigenvalue weighted by molar-refractivity contribution is 0.260. The van der Waals surface area contributed by atoms with Gasteiger partial charge in [-0.2, -0.15) is 5.10 Å². The Balaban J connectivity index is 2.09. The van der Waals surface area contributed by atoms with Gasteiger partial charge in [0.05, 0.1) is 11.9 Å². The number of nitrogens with one attached hydrogen (secondary N) is 1. The third-order valence-corrected chi connectivity index (χ3v) is 3.89. The molecular formula is C15H20N4. The highest BCUT2D eigenvalue weighted by atomic mass is 15.3. The molecule has 0 saturated carbocycles. The summed E-state index contributed by atoms with van der Waals surface area (Å²) in [4.78, 5) is 4.41. The molecular weight excluding hydrogens is 236 g/mol. The first-order chi connectivity index (χ1) is 9.11. The van der Waals surface area contributed by atoms with Gasteiger partial charge < -0.3 is 5.32 Å². The van der Waals surface area contributed by atoms with Gasteiger partial charge in [0.1, 0.15) is 0 Å². The first-order valence-corrected chi connectivity index (χ1v) is 6.76. The molecule has 4 heteroatoms. The van der Waals surface area contributed by atoms with Crippen molar-refractivity contribution in [1.82, 2.24) is 20.1 Å². The first-order valence-electron chi connectivity index (χ1n) is 6.76. The van der Waals surface area contributed by atoms with Crippen LogP contribution in [-0.4, -0.2) is 21.8 Å². The molecule has 1 atom stereocenters. The second kappa shape index (κ2) is 4.46. The van der Waals surface area contributed by atoms with Crippen LogP contribution in [0.5, 0.6) is 0 Å². The van der Waals surface area contributed by atoms with Gasteiger partial charge in [0.25, 0.3) is 0 Å². The Kier molecular flexibility index (Phi) is 2.90. The zero-order valence-electron chi connectivity index (χ0n) is 11.7. The average molecular weight is 256 g/mol. The normalized spacial score (nSPS) is 21.1. The van der Waals surface area contributed by atoms with E-state index in [1.165, 1.54) is 11.3 Å². The third-order valence-electron chi connectivity index (χ3n) is 3.89. The van der Waals surface area contributed by atoms with Gasteiger partial charge in [0.15, 0.2) is 5.82 Å². The SMILES string of the molecule is CNC1CC(C)(C)Cc2c1cnn2-c1ccccn1. The lowest BCUT2D eigenvalue weighted by Gasteiger charge is -2.35. The summed E-state index contributed by atoms with van der Waals surface area (Å²) < 4.78 is 1.99. The fraction of sp³-hybridized carbons (Fsp3) is 0.467. The monoisotopic (exact) mass is 256 g/mol. The minimum absolute atomic E-state index is 0.285. The largest absolute Gasteiger partial charge is 0.313 e. The molecule has 0 saturated heterocycles. The zero-order chi connectivity index (χ0) is 13.5. The number of pyridine rings is 1. The Morgan fingerprint density at radius 1 is 1.37 bits per heavy atom. The molecule has 2 aromatic heterocycles. The lowest BCUT2D eigenvalue weighted by Crippen LogP contribution is -2.32. The molecule has 0 bridgehead atoms. The van der Waals surface area contributed by atoms with Crippen LogP contribution in [0.3, 0.4) is 0 Å². The predicted molar refractivity (Wildman–Crippen MR) is 75.3 cm³/mol. The van der Waals surface area contributed by atoms with E-state index in [0.29, 0.717) is 6.04 Å². The molecule has 1 aliphatic carbocycles.